The average molecular weight is 332 g/mol. The fourth-order valence-corrected chi connectivity index (χ4v) is 2.54. The zero-order valence-electron chi connectivity index (χ0n) is 9.69. The van der Waals surface area contributed by atoms with Crippen LogP contribution in [0.5, 0.6) is 5.75 Å². The van der Waals surface area contributed by atoms with E-state index in [1.807, 2.05) is 18.2 Å². The summed E-state index contributed by atoms with van der Waals surface area (Å²) in [4.78, 5) is 0. The minimum absolute atomic E-state index is 0.232. The molecule has 18 heavy (non-hydrogen) atoms. The molecule has 1 atom stereocenters. The molecule has 1 N–H and O–H groups in total. The Morgan fingerprint density at radius 1 is 1.44 bits per heavy atom. The molecule has 0 spiro atoms. The number of halogens is 2. The van der Waals surface area contributed by atoms with Gasteiger partial charge in [0.2, 0.25) is 0 Å². The highest BCUT2D eigenvalue weighted by molar-refractivity contribution is 9.10. The molecule has 2 aromatic rings. The van der Waals surface area contributed by atoms with Crippen LogP contribution in [-0.4, -0.2) is 12.2 Å². The van der Waals surface area contributed by atoms with E-state index in [4.69, 9.17) is 20.8 Å². The number of furan rings is 1. The van der Waals surface area contributed by atoms with Crippen LogP contribution >= 0.6 is 27.5 Å². The standard InChI is InChI=1S/C13H12BrClO3/c1-17-12-3-2-8(6-10(12)14)7-11(16)9-4-5-18-13(9)15/h2-6,11,16H,7H2,1H3. The molecular formula is C13H12BrClO3. The largest absolute Gasteiger partial charge is 0.496 e. The van der Waals surface area contributed by atoms with Crippen LogP contribution in [0.15, 0.2) is 39.4 Å². The van der Waals surface area contributed by atoms with Gasteiger partial charge in [0.15, 0.2) is 5.22 Å². The molecule has 1 aromatic carbocycles. The van der Waals surface area contributed by atoms with Crippen molar-refractivity contribution >= 4 is 27.5 Å². The molecule has 0 saturated carbocycles. The van der Waals surface area contributed by atoms with Crippen LogP contribution in [-0.2, 0) is 6.42 Å². The van der Waals surface area contributed by atoms with Crippen LogP contribution in [0.25, 0.3) is 0 Å². The van der Waals surface area contributed by atoms with Gasteiger partial charge in [-0.1, -0.05) is 6.07 Å². The number of hydrogen-bond acceptors (Lipinski definition) is 3. The van der Waals surface area contributed by atoms with E-state index in [2.05, 4.69) is 15.9 Å². The first-order chi connectivity index (χ1) is 8.61. The third-order valence-electron chi connectivity index (χ3n) is 2.65. The number of aliphatic hydroxyl groups excluding tert-OH is 1. The molecular weight excluding hydrogens is 319 g/mol. The molecule has 0 radical (unpaired) electrons. The van der Waals surface area contributed by atoms with Crippen LogP contribution < -0.4 is 4.74 Å². The van der Waals surface area contributed by atoms with Gasteiger partial charge in [-0.2, -0.15) is 0 Å². The molecule has 5 heteroatoms. The van der Waals surface area contributed by atoms with E-state index in [1.54, 1.807) is 13.2 Å². The summed E-state index contributed by atoms with van der Waals surface area (Å²) in [5.74, 6) is 0.759. The molecule has 1 unspecified atom stereocenters. The SMILES string of the molecule is COc1ccc(CC(O)c2ccoc2Cl)cc1Br. The predicted molar refractivity (Wildman–Crippen MR) is 73.1 cm³/mol. The highest BCUT2D eigenvalue weighted by Gasteiger charge is 2.15. The average Bonchev–Trinajstić information content (AvgIpc) is 2.76. The van der Waals surface area contributed by atoms with E-state index in [0.717, 1.165) is 15.8 Å². The van der Waals surface area contributed by atoms with Gasteiger partial charge in [0.1, 0.15) is 5.75 Å². The molecule has 2 rings (SSSR count). The Morgan fingerprint density at radius 2 is 2.22 bits per heavy atom. The fraction of sp³-hybridized carbons (Fsp3) is 0.231. The second-order valence-electron chi connectivity index (χ2n) is 3.84. The second kappa shape index (κ2) is 5.78. The van der Waals surface area contributed by atoms with Gasteiger partial charge in [0.25, 0.3) is 0 Å². The fourth-order valence-electron chi connectivity index (χ4n) is 1.71. The van der Waals surface area contributed by atoms with Crippen LogP contribution in [0, 0.1) is 0 Å². The van der Waals surface area contributed by atoms with E-state index in [-0.39, 0.29) is 5.22 Å². The summed E-state index contributed by atoms with van der Waals surface area (Å²) >= 11 is 9.23. The molecule has 0 saturated heterocycles. The highest BCUT2D eigenvalue weighted by atomic mass is 79.9. The monoisotopic (exact) mass is 330 g/mol. The van der Waals surface area contributed by atoms with Gasteiger partial charge in [-0.15, -0.1) is 0 Å². The zero-order chi connectivity index (χ0) is 13.1. The predicted octanol–water partition coefficient (Wildman–Crippen LogP) is 3.98. The normalized spacial score (nSPS) is 12.4. The quantitative estimate of drug-likeness (QED) is 0.921. The minimum atomic E-state index is -0.684. The van der Waals surface area contributed by atoms with E-state index >= 15 is 0 Å². The minimum Gasteiger partial charge on any atom is -0.496 e. The van der Waals surface area contributed by atoms with Gasteiger partial charge in [0.05, 0.1) is 23.9 Å². The van der Waals surface area contributed by atoms with Crippen LogP contribution in [0.4, 0.5) is 0 Å². The molecule has 0 amide bonds. The summed E-state index contributed by atoms with van der Waals surface area (Å²) in [7, 11) is 1.61. The van der Waals surface area contributed by atoms with E-state index in [9.17, 15) is 5.11 Å². The lowest BCUT2D eigenvalue weighted by molar-refractivity contribution is 0.177. The summed E-state index contributed by atoms with van der Waals surface area (Å²) in [5.41, 5.74) is 1.58. The maximum absolute atomic E-state index is 10.1. The summed E-state index contributed by atoms with van der Waals surface area (Å²) < 4.78 is 11.0. The lowest BCUT2D eigenvalue weighted by Gasteiger charge is -2.10. The van der Waals surface area contributed by atoms with Crippen molar-refractivity contribution in [1.29, 1.82) is 0 Å². The van der Waals surface area contributed by atoms with Crippen molar-refractivity contribution in [2.75, 3.05) is 7.11 Å². The Kier molecular flexibility index (Phi) is 4.32. The third-order valence-corrected chi connectivity index (χ3v) is 3.58. The zero-order valence-corrected chi connectivity index (χ0v) is 12.0. The first-order valence-corrected chi connectivity index (χ1v) is 6.52. The van der Waals surface area contributed by atoms with Crippen molar-refractivity contribution in [3.63, 3.8) is 0 Å². The molecule has 0 bridgehead atoms. The summed E-state index contributed by atoms with van der Waals surface area (Å²) in [5, 5.41) is 10.3. The Balaban J connectivity index is 2.15. The number of ether oxygens (including phenoxy) is 1. The van der Waals surface area contributed by atoms with Gasteiger partial charge in [-0.25, -0.2) is 0 Å². The molecule has 1 heterocycles. The molecule has 0 aliphatic carbocycles. The Hall–Kier alpha value is -0.970. The van der Waals surface area contributed by atoms with Gasteiger partial charge in [0, 0.05) is 12.0 Å². The van der Waals surface area contributed by atoms with Crippen LogP contribution in [0.1, 0.15) is 17.2 Å². The van der Waals surface area contributed by atoms with Crippen molar-refractivity contribution < 1.29 is 14.3 Å². The first kappa shape index (κ1) is 13.5. The number of hydrogen-bond donors (Lipinski definition) is 1. The molecule has 1 aromatic heterocycles. The van der Waals surface area contributed by atoms with Crippen molar-refractivity contribution in [2.45, 2.75) is 12.5 Å². The summed E-state index contributed by atoms with van der Waals surface area (Å²) in [6.07, 6.45) is 1.24. The topological polar surface area (TPSA) is 42.6 Å². The van der Waals surface area contributed by atoms with Crippen molar-refractivity contribution in [3.8, 4) is 5.75 Å². The molecule has 0 fully saturated rings. The highest BCUT2D eigenvalue weighted by Crippen LogP contribution is 2.30. The van der Waals surface area contributed by atoms with Gasteiger partial charge in [-0.3, -0.25) is 0 Å². The Bertz CT molecular complexity index is 539. The van der Waals surface area contributed by atoms with Crippen molar-refractivity contribution in [2.24, 2.45) is 0 Å². The molecule has 3 nitrogen and oxygen atoms in total. The van der Waals surface area contributed by atoms with Crippen molar-refractivity contribution in [3.05, 3.63) is 51.3 Å². The van der Waals surface area contributed by atoms with E-state index in [1.165, 1.54) is 6.26 Å². The first-order valence-electron chi connectivity index (χ1n) is 5.35. The van der Waals surface area contributed by atoms with Crippen molar-refractivity contribution in [1.82, 2.24) is 0 Å². The van der Waals surface area contributed by atoms with Gasteiger partial charge < -0.3 is 14.3 Å². The molecule has 0 aliphatic rings. The number of benzene rings is 1. The summed E-state index contributed by atoms with van der Waals surface area (Å²) in [6, 6.07) is 7.34. The smallest absolute Gasteiger partial charge is 0.198 e. The Labute approximate surface area is 118 Å². The van der Waals surface area contributed by atoms with Gasteiger partial charge >= 0.3 is 0 Å². The second-order valence-corrected chi connectivity index (χ2v) is 5.04. The van der Waals surface area contributed by atoms with E-state index in [0.29, 0.717) is 12.0 Å². The number of aliphatic hydroxyl groups is 1. The Morgan fingerprint density at radius 3 is 2.78 bits per heavy atom. The molecule has 0 aliphatic heterocycles. The number of methoxy groups -OCH3 is 1. The van der Waals surface area contributed by atoms with E-state index < -0.39 is 6.10 Å². The molecule has 96 valence electrons. The van der Waals surface area contributed by atoms with Crippen LogP contribution in [0.3, 0.4) is 0 Å². The van der Waals surface area contributed by atoms with Gasteiger partial charge in [-0.05, 0) is 51.3 Å². The maximum atomic E-state index is 10.1. The van der Waals surface area contributed by atoms with Crippen LogP contribution in [0.2, 0.25) is 5.22 Å². The lowest BCUT2D eigenvalue weighted by atomic mass is 10.0. The third kappa shape index (κ3) is 2.88. The maximum Gasteiger partial charge on any atom is 0.198 e. The number of rotatable bonds is 4. The lowest BCUT2D eigenvalue weighted by Crippen LogP contribution is -2.01. The summed E-state index contributed by atoms with van der Waals surface area (Å²) in [6.45, 7) is 0.